The van der Waals surface area contributed by atoms with Gasteiger partial charge in [0.1, 0.15) is 5.75 Å². The van der Waals surface area contributed by atoms with Crippen LogP contribution in [0.25, 0.3) is 0 Å². The first-order valence-electron chi connectivity index (χ1n) is 9.27. The minimum absolute atomic E-state index is 0.0207. The lowest BCUT2D eigenvalue weighted by Crippen LogP contribution is -2.40. The molecular weight excluding hydrogens is 405 g/mol. The molecule has 2 aromatic heterocycles. The number of hydrogen-bond donors (Lipinski definition) is 0. The largest absolute Gasteiger partial charge is 0.496 e. The number of piperidine rings is 1. The summed E-state index contributed by atoms with van der Waals surface area (Å²) < 4.78 is 45.5. The van der Waals surface area contributed by atoms with Crippen LogP contribution < -0.4 is 15.9 Å². The number of alkyl halides is 3. The zero-order valence-electron chi connectivity index (χ0n) is 16.5. The second kappa shape index (κ2) is 8.33. The quantitative estimate of drug-likeness (QED) is 0.740. The summed E-state index contributed by atoms with van der Waals surface area (Å²) in [6.45, 7) is 1.06. The highest BCUT2D eigenvalue weighted by molar-refractivity contribution is 5.96. The van der Waals surface area contributed by atoms with Gasteiger partial charge in [-0.3, -0.25) is 19.0 Å². The second-order valence-electron chi connectivity index (χ2n) is 7.20. The van der Waals surface area contributed by atoms with Crippen LogP contribution in [-0.2, 0) is 19.8 Å². The number of rotatable bonds is 4. The molecule has 0 bridgehead atoms. The van der Waals surface area contributed by atoms with Crippen molar-refractivity contribution in [1.82, 2.24) is 19.0 Å². The van der Waals surface area contributed by atoms with Crippen molar-refractivity contribution in [3.05, 3.63) is 56.6 Å². The Bertz CT molecular complexity index is 1050. The maximum Gasteiger partial charge on any atom is 0.433 e. The molecule has 1 fully saturated rings. The molecule has 1 aliphatic rings. The van der Waals surface area contributed by atoms with Gasteiger partial charge in [-0.25, -0.2) is 4.98 Å². The first-order valence-corrected chi connectivity index (χ1v) is 9.27. The van der Waals surface area contributed by atoms with Crippen molar-refractivity contribution >= 4 is 5.91 Å². The Morgan fingerprint density at radius 1 is 1.20 bits per heavy atom. The Morgan fingerprint density at radius 3 is 2.43 bits per heavy atom. The number of pyridine rings is 1. The van der Waals surface area contributed by atoms with Gasteiger partial charge in [0.2, 0.25) is 0 Å². The smallest absolute Gasteiger partial charge is 0.433 e. The molecule has 162 valence electrons. The van der Waals surface area contributed by atoms with Gasteiger partial charge in [-0.05, 0) is 18.8 Å². The molecule has 11 heteroatoms. The van der Waals surface area contributed by atoms with Crippen LogP contribution in [0.2, 0.25) is 0 Å². The number of likely N-dealkylation sites (tertiary alicyclic amines) is 1. The normalized spacial score (nSPS) is 15.3. The van der Waals surface area contributed by atoms with Gasteiger partial charge in [-0.15, -0.1) is 0 Å². The first-order chi connectivity index (χ1) is 14.1. The fourth-order valence-corrected chi connectivity index (χ4v) is 3.43. The molecule has 0 spiro atoms. The maximum absolute atomic E-state index is 12.9. The summed E-state index contributed by atoms with van der Waals surface area (Å²) in [4.78, 5) is 41.5. The third kappa shape index (κ3) is 4.55. The SMILES string of the molecule is COc1cc(=O)n(C)cc1C(=O)N1CCC(Cn2cnc(C(F)(F)F)cc2=O)CC1. The van der Waals surface area contributed by atoms with Gasteiger partial charge in [0.05, 0.1) is 19.0 Å². The van der Waals surface area contributed by atoms with Gasteiger partial charge in [0.15, 0.2) is 5.69 Å². The minimum atomic E-state index is -4.66. The summed E-state index contributed by atoms with van der Waals surface area (Å²) in [5, 5.41) is 0. The van der Waals surface area contributed by atoms with Crippen molar-refractivity contribution in [2.45, 2.75) is 25.6 Å². The van der Waals surface area contributed by atoms with Crippen molar-refractivity contribution in [2.75, 3.05) is 20.2 Å². The number of ether oxygens (including phenoxy) is 1. The molecule has 0 N–H and O–H groups in total. The lowest BCUT2D eigenvalue weighted by Gasteiger charge is -2.32. The van der Waals surface area contributed by atoms with E-state index < -0.39 is 17.4 Å². The van der Waals surface area contributed by atoms with E-state index in [0.29, 0.717) is 32.0 Å². The van der Waals surface area contributed by atoms with Gasteiger partial charge in [-0.1, -0.05) is 0 Å². The number of hydrogen-bond acceptors (Lipinski definition) is 5. The summed E-state index contributed by atoms with van der Waals surface area (Å²) in [6.07, 6.45) is -1.16. The summed E-state index contributed by atoms with van der Waals surface area (Å²) in [5.41, 5.74) is -1.99. The van der Waals surface area contributed by atoms with Crippen LogP contribution in [0.5, 0.6) is 5.75 Å². The van der Waals surface area contributed by atoms with Crippen LogP contribution >= 0.6 is 0 Å². The highest BCUT2D eigenvalue weighted by Gasteiger charge is 2.33. The van der Waals surface area contributed by atoms with Gasteiger partial charge in [0, 0.05) is 45.0 Å². The fourth-order valence-electron chi connectivity index (χ4n) is 3.43. The average Bonchev–Trinajstić information content (AvgIpc) is 2.70. The summed E-state index contributed by atoms with van der Waals surface area (Å²) in [6, 6.07) is 1.74. The zero-order chi connectivity index (χ0) is 22.1. The Kier molecular flexibility index (Phi) is 5.99. The molecule has 0 radical (unpaired) electrons. The van der Waals surface area contributed by atoms with Crippen molar-refractivity contribution in [1.29, 1.82) is 0 Å². The molecule has 0 aromatic carbocycles. The van der Waals surface area contributed by atoms with Gasteiger partial charge in [0.25, 0.3) is 17.0 Å². The number of carbonyl (C=O) groups is 1. The maximum atomic E-state index is 12.9. The third-order valence-corrected chi connectivity index (χ3v) is 5.17. The summed E-state index contributed by atoms with van der Waals surface area (Å²) >= 11 is 0. The molecule has 0 aliphatic carbocycles. The van der Waals surface area contributed by atoms with E-state index in [1.807, 2.05) is 0 Å². The van der Waals surface area contributed by atoms with E-state index in [4.69, 9.17) is 4.74 Å². The number of aryl methyl sites for hydroxylation is 1. The number of halogens is 3. The van der Waals surface area contributed by atoms with E-state index in [9.17, 15) is 27.6 Å². The molecule has 8 nitrogen and oxygen atoms in total. The number of amides is 1. The van der Waals surface area contributed by atoms with E-state index >= 15 is 0 Å². The predicted octanol–water partition coefficient (Wildman–Crippen LogP) is 1.52. The monoisotopic (exact) mass is 426 g/mol. The van der Waals surface area contributed by atoms with Crippen molar-refractivity contribution in [3.8, 4) is 5.75 Å². The Morgan fingerprint density at radius 2 is 1.87 bits per heavy atom. The van der Waals surface area contributed by atoms with E-state index in [-0.39, 0.29) is 35.2 Å². The van der Waals surface area contributed by atoms with Crippen LogP contribution in [0.15, 0.2) is 34.2 Å². The Hall–Kier alpha value is -3.11. The fraction of sp³-hybridized carbons (Fsp3) is 0.474. The molecule has 0 saturated carbocycles. The Labute approximate surface area is 169 Å². The van der Waals surface area contributed by atoms with Crippen molar-refractivity contribution in [3.63, 3.8) is 0 Å². The second-order valence-corrected chi connectivity index (χ2v) is 7.20. The molecule has 0 atom stereocenters. The van der Waals surface area contributed by atoms with Crippen LogP contribution in [0.3, 0.4) is 0 Å². The Balaban J connectivity index is 1.66. The van der Waals surface area contributed by atoms with Crippen LogP contribution in [0, 0.1) is 5.92 Å². The lowest BCUT2D eigenvalue weighted by molar-refractivity contribution is -0.141. The molecular formula is C19H21F3N4O4. The zero-order valence-corrected chi connectivity index (χ0v) is 16.5. The summed E-state index contributed by atoms with van der Waals surface area (Å²) in [5.74, 6) is -0.0471. The standard InChI is InChI=1S/C19H21F3N4O4/c1-24-10-13(14(30-2)7-16(24)27)18(29)25-5-3-12(4-6-25)9-26-11-23-15(8-17(26)28)19(20,21)22/h7-8,10-12H,3-6,9H2,1-2H3. The van der Waals surface area contributed by atoms with Crippen LogP contribution in [-0.4, -0.2) is 45.1 Å². The summed E-state index contributed by atoms with van der Waals surface area (Å²) in [7, 11) is 2.92. The number of methoxy groups -OCH3 is 1. The van der Waals surface area contributed by atoms with Crippen LogP contribution in [0.1, 0.15) is 28.9 Å². The number of nitrogens with zero attached hydrogens (tertiary/aromatic N) is 4. The van der Waals surface area contributed by atoms with Gasteiger partial charge in [-0.2, -0.15) is 13.2 Å². The molecule has 1 amide bonds. The molecule has 0 unspecified atom stereocenters. The highest BCUT2D eigenvalue weighted by Crippen LogP contribution is 2.26. The van der Waals surface area contributed by atoms with E-state index in [1.165, 1.54) is 23.9 Å². The minimum Gasteiger partial charge on any atom is -0.496 e. The predicted molar refractivity (Wildman–Crippen MR) is 100 cm³/mol. The molecule has 3 heterocycles. The van der Waals surface area contributed by atoms with E-state index in [2.05, 4.69) is 4.98 Å². The van der Waals surface area contributed by atoms with E-state index in [0.717, 1.165) is 10.9 Å². The number of carbonyl (C=O) groups excluding carboxylic acids is 1. The van der Waals surface area contributed by atoms with Crippen molar-refractivity contribution < 1.29 is 22.7 Å². The lowest BCUT2D eigenvalue weighted by atomic mass is 9.96. The molecule has 2 aromatic rings. The van der Waals surface area contributed by atoms with Gasteiger partial charge >= 0.3 is 6.18 Å². The molecule has 30 heavy (non-hydrogen) atoms. The first kappa shape index (κ1) is 21.6. The topological polar surface area (TPSA) is 86.4 Å². The number of aromatic nitrogens is 3. The highest BCUT2D eigenvalue weighted by atomic mass is 19.4. The average molecular weight is 426 g/mol. The van der Waals surface area contributed by atoms with Crippen LogP contribution in [0.4, 0.5) is 13.2 Å². The molecule has 1 saturated heterocycles. The van der Waals surface area contributed by atoms with Crippen molar-refractivity contribution in [2.24, 2.45) is 13.0 Å². The molecule has 1 aliphatic heterocycles. The third-order valence-electron chi connectivity index (χ3n) is 5.17. The van der Waals surface area contributed by atoms with E-state index in [1.54, 1.807) is 11.9 Å². The molecule has 3 rings (SSSR count). The van der Waals surface area contributed by atoms with Gasteiger partial charge < -0.3 is 14.2 Å².